The van der Waals surface area contributed by atoms with Crippen LogP contribution in [0.25, 0.3) is 0 Å². The lowest BCUT2D eigenvalue weighted by Gasteiger charge is -2.09. The molecule has 0 bridgehead atoms. The molecule has 0 heterocycles. The molecule has 3 heteroatoms. The Morgan fingerprint density at radius 1 is 0.944 bits per heavy atom. The highest BCUT2D eigenvalue weighted by molar-refractivity contribution is 6.09. The smallest absolute Gasteiger partial charge is 0.193 e. The molecule has 3 nitrogen and oxygen atoms in total. The third kappa shape index (κ3) is 2.83. The van der Waals surface area contributed by atoms with E-state index in [1.165, 1.54) is 0 Å². The SMILES string of the molecule is O=C(c1ccccc1)c1ccccc1CC(O)O. The van der Waals surface area contributed by atoms with Crippen molar-refractivity contribution < 1.29 is 15.0 Å². The molecule has 0 aromatic heterocycles. The minimum atomic E-state index is -1.45. The fraction of sp³-hybridized carbons (Fsp3) is 0.133. The first-order chi connectivity index (χ1) is 8.68. The molecule has 18 heavy (non-hydrogen) atoms. The fourth-order valence-electron chi connectivity index (χ4n) is 1.86. The van der Waals surface area contributed by atoms with Crippen LogP contribution < -0.4 is 0 Å². The lowest BCUT2D eigenvalue weighted by Crippen LogP contribution is -2.13. The molecular formula is C15H14O3. The molecule has 0 unspecified atom stereocenters. The van der Waals surface area contributed by atoms with Gasteiger partial charge in [0.15, 0.2) is 12.1 Å². The summed E-state index contributed by atoms with van der Waals surface area (Å²) < 4.78 is 0. The number of carbonyl (C=O) groups excluding carboxylic acids is 1. The van der Waals surface area contributed by atoms with Gasteiger partial charge in [0.25, 0.3) is 0 Å². The van der Waals surface area contributed by atoms with Gasteiger partial charge >= 0.3 is 0 Å². The molecule has 0 aliphatic rings. The van der Waals surface area contributed by atoms with E-state index in [0.717, 1.165) is 0 Å². The zero-order chi connectivity index (χ0) is 13.0. The second-order valence-corrected chi connectivity index (χ2v) is 4.04. The standard InChI is InChI=1S/C15H14O3/c16-14(17)10-12-8-4-5-9-13(12)15(18)11-6-2-1-3-7-11/h1-9,14,16-17H,10H2. The number of benzene rings is 2. The molecule has 0 aliphatic heterocycles. The van der Waals surface area contributed by atoms with Crippen LogP contribution in [0.3, 0.4) is 0 Å². The predicted molar refractivity (Wildman–Crippen MR) is 68.2 cm³/mol. The number of carbonyl (C=O) groups is 1. The molecule has 0 atom stereocenters. The topological polar surface area (TPSA) is 57.5 Å². The molecule has 0 saturated carbocycles. The lowest BCUT2D eigenvalue weighted by molar-refractivity contribution is -0.0382. The highest BCUT2D eigenvalue weighted by atomic mass is 16.5. The molecule has 2 N–H and O–H groups in total. The van der Waals surface area contributed by atoms with E-state index in [2.05, 4.69) is 0 Å². The average molecular weight is 242 g/mol. The molecule has 2 aromatic carbocycles. The summed E-state index contributed by atoms with van der Waals surface area (Å²) in [7, 11) is 0. The van der Waals surface area contributed by atoms with Crippen molar-refractivity contribution in [2.24, 2.45) is 0 Å². The van der Waals surface area contributed by atoms with Crippen LogP contribution in [-0.4, -0.2) is 22.3 Å². The molecule has 0 spiro atoms. The van der Waals surface area contributed by atoms with Gasteiger partial charge < -0.3 is 10.2 Å². The summed E-state index contributed by atoms with van der Waals surface area (Å²) in [5.41, 5.74) is 1.75. The minimum absolute atomic E-state index is 0.0503. The van der Waals surface area contributed by atoms with Gasteiger partial charge in [-0.2, -0.15) is 0 Å². The number of ketones is 1. The van der Waals surface area contributed by atoms with Gasteiger partial charge in [0, 0.05) is 17.5 Å². The van der Waals surface area contributed by atoms with Crippen molar-refractivity contribution in [2.45, 2.75) is 12.7 Å². The third-order valence-electron chi connectivity index (χ3n) is 2.70. The predicted octanol–water partition coefficient (Wildman–Crippen LogP) is 1.77. The number of rotatable bonds is 4. The molecule has 0 saturated heterocycles. The highest BCUT2D eigenvalue weighted by Gasteiger charge is 2.14. The first-order valence-electron chi connectivity index (χ1n) is 5.72. The number of aliphatic hydroxyl groups excluding tert-OH is 1. The third-order valence-corrected chi connectivity index (χ3v) is 2.70. The Kier molecular flexibility index (Phi) is 3.87. The van der Waals surface area contributed by atoms with E-state index in [0.29, 0.717) is 16.7 Å². The average Bonchev–Trinajstić information content (AvgIpc) is 2.39. The van der Waals surface area contributed by atoms with E-state index in [1.54, 1.807) is 48.5 Å². The maximum absolute atomic E-state index is 12.3. The van der Waals surface area contributed by atoms with Crippen molar-refractivity contribution in [3.05, 3.63) is 71.3 Å². The Morgan fingerprint density at radius 2 is 1.56 bits per heavy atom. The van der Waals surface area contributed by atoms with Crippen LogP contribution in [0.15, 0.2) is 54.6 Å². The van der Waals surface area contributed by atoms with Crippen LogP contribution in [0.5, 0.6) is 0 Å². The monoisotopic (exact) mass is 242 g/mol. The van der Waals surface area contributed by atoms with Crippen molar-refractivity contribution in [2.75, 3.05) is 0 Å². The summed E-state index contributed by atoms with van der Waals surface area (Å²) in [4.78, 5) is 12.3. The van der Waals surface area contributed by atoms with Gasteiger partial charge in [-0.05, 0) is 5.56 Å². The summed E-state index contributed by atoms with van der Waals surface area (Å²) in [5, 5.41) is 18.1. The van der Waals surface area contributed by atoms with E-state index >= 15 is 0 Å². The second kappa shape index (κ2) is 5.58. The van der Waals surface area contributed by atoms with Crippen LogP contribution >= 0.6 is 0 Å². The van der Waals surface area contributed by atoms with Gasteiger partial charge in [0.1, 0.15) is 0 Å². The zero-order valence-electron chi connectivity index (χ0n) is 9.78. The van der Waals surface area contributed by atoms with Gasteiger partial charge in [0.2, 0.25) is 0 Å². The van der Waals surface area contributed by atoms with E-state index < -0.39 is 6.29 Å². The number of hydrogen-bond acceptors (Lipinski definition) is 3. The van der Waals surface area contributed by atoms with E-state index in [-0.39, 0.29) is 12.2 Å². The van der Waals surface area contributed by atoms with Crippen molar-refractivity contribution in [3.8, 4) is 0 Å². The molecule has 92 valence electrons. The molecule has 2 rings (SSSR count). The van der Waals surface area contributed by atoms with E-state index in [4.69, 9.17) is 10.2 Å². The molecule has 0 aliphatic carbocycles. The summed E-state index contributed by atoms with van der Waals surface area (Å²) in [6.07, 6.45) is -1.40. The summed E-state index contributed by atoms with van der Waals surface area (Å²) >= 11 is 0. The molecule has 0 amide bonds. The van der Waals surface area contributed by atoms with Crippen molar-refractivity contribution in [1.82, 2.24) is 0 Å². The van der Waals surface area contributed by atoms with E-state index in [9.17, 15) is 4.79 Å². The fourth-order valence-corrected chi connectivity index (χ4v) is 1.86. The van der Waals surface area contributed by atoms with Crippen molar-refractivity contribution in [1.29, 1.82) is 0 Å². The van der Waals surface area contributed by atoms with Crippen LogP contribution in [0, 0.1) is 0 Å². The Morgan fingerprint density at radius 3 is 2.22 bits per heavy atom. The molecular weight excluding hydrogens is 228 g/mol. The van der Waals surface area contributed by atoms with Gasteiger partial charge in [0.05, 0.1) is 0 Å². The van der Waals surface area contributed by atoms with Gasteiger partial charge in [-0.3, -0.25) is 4.79 Å². The van der Waals surface area contributed by atoms with Crippen LogP contribution in [0.1, 0.15) is 21.5 Å². The van der Waals surface area contributed by atoms with Gasteiger partial charge in [-0.25, -0.2) is 0 Å². The first kappa shape index (κ1) is 12.5. The summed E-state index contributed by atoms with van der Waals surface area (Å²) in [6.45, 7) is 0. The van der Waals surface area contributed by atoms with Crippen molar-refractivity contribution in [3.63, 3.8) is 0 Å². The molecule has 0 radical (unpaired) electrons. The van der Waals surface area contributed by atoms with Crippen molar-refractivity contribution >= 4 is 5.78 Å². The van der Waals surface area contributed by atoms with Gasteiger partial charge in [-0.15, -0.1) is 0 Å². The quantitative estimate of drug-likeness (QED) is 0.634. The van der Waals surface area contributed by atoms with E-state index in [1.807, 2.05) is 6.07 Å². The summed E-state index contributed by atoms with van der Waals surface area (Å²) in [6, 6.07) is 15.9. The van der Waals surface area contributed by atoms with Crippen LogP contribution in [-0.2, 0) is 6.42 Å². The maximum Gasteiger partial charge on any atom is 0.193 e. The maximum atomic E-state index is 12.3. The Balaban J connectivity index is 2.36. The summed E-state index contributed by atoms with van der Waals surface area (Å²) in [5.74, 6) is -0.105. The van der Waals surface area contributed by atoms with Crippen LogP contribution in [0.2, 0.25) is 0 Å². The first-order valence-corrected chi connectivity index (χ1v) is 5.72. The van der Waals surface area contributed by atoms with Gasteiger partial charge in [-0.1, -0.05) is 54.6 Å². The number of hydrogen-bond donors (Lipinski definition) is 2. The largest absolute Gasteiger partial charge is 0.368 e. The molecule has 2 aromatic rings. The Hall–Kier alpha value is -1.97. The Labute approximate surface area is 105 Å². The normalized spacial score (nSPS) is 10.6. The Bertz CT molecular complexity index is 532. The lowest BCUT2D eigenvalue weighted by atomic mass is 9.96. The number of aliphatic hydroxyl groups is 2. The molecule has 0 fully saturated rings. The second-order valence-electron chi connectivity index (χ2n) is 4.04. The minimum Gasteiger partial charge on any atom is -0.368 e. The highest BCUT2D eigenvalue weighted by Crippen LogP contribution is 2.15. The zero-order valence-corrected chi connectivity index (χ0v) is 9.78. The van der Waals surface area contributed by atoms with Crippen LogP contribution in [0.4, 0.5) is 0 Å².